The zero-order valence-electron chi connectivity index (χ0n) is 13.1. The molecule has 0 bridgehead atoms. The molecule has 4 N–H and O–H groups in total. The Bertz CT molecular complexity index is 851. The van der Waals surface area contributed by atoms with Crippen LogP contribution in [-0.2, 0) is 11.3 Å². The number of hydrogen-bond donors (Lipinski definition) is 4. The highest BCUT2D eigenvalue weighted by molar-refractivity contribution is 5.82. The number of aliphatic hydroxyl groups excluding tert-OH is 3. The summed E-state index contributed by atoms with van der Waals surface area (Å²) < 4.78 is 12.3. The zero-order valence-corrected chi connectivity index (χ0v) is 13.1. The van der Waals surface area contributed by atoms with Crippen LogP contribution in [0.5, 0.6) is 0 Å². The summed E-state index contributed by atoms with van der Waals surface area (Å²) in [4.78, 5) is 12.7. The predicted molar refractivity (Wildman–Crippen MR) is 84.4 cm³/mol. The van der Waals surface area contributed by atoms with Crippen molar-refractivity contribution in [1.29, 1.82) is 0 Å². The van der Waals surface area contributed by atoms with Gasteiger partial charge in [-0.05, 0) is 12.1 Å². The minimum Gasteiger partial charge on any atom is -0.467 e. The van der Waals surface area contributed by atoms with Crippen LogP contribution in [0, 0.1) is 0 Å². The Labute approximate surface area is 141 Å². The van der Waals surface area contributed by atoms with Gasteiger partial charge in [0.1, 0.15) is 30.4 Å². The van der Waals surface area contributed by atoms with Crippen LogP contribution in [0.15, 0.2) is 35.5 Å². The second-order valence-corrected chi connectivity index (χ2v) is 5.71. The van der Waals surface area contributed by atoms with Gasteiger partial charge in [-0.3, -0.25) is 4.57 Å². The average molecular weight is 347 g/mol. The van der Waals surface area contributed by atoms with Gasteiger partial charge in [0.15, 0.2) is 23.2 Å². The van der Waals surface area contributed by atoms with Crippen molar-refractivity contribution in [2.24, 2.45) is 0 Å². The smallest absolute Gasteiger partial charge is 0.167 e. The third kappa shape index (κ3) is 2.74. The molecule has 0 spiro atoms. The Balaban J connectivity index is 1.63. The van der Waals surface area contributed by atoms with Crippen molar-refractivity contribution in [3.05, 3.63) is 36.8 Å². The number of imidazole rings is 1. The van der Waals surface area contributed by atoms with Gasteiger partial charge in [-0.15, -0.1) is 0 Å². The predicted octanol–water partition coefficient (Wildman–Crippen LogP) is -0.357. The van der Waals surface area contributed by atoms with Crippen LogP contribution in [0.3, 0.4) is 0 Å². The Morgan fingerprint density at radius 2 is 2.08 bits per heavy atom. The third-order valence-electron chi connectivity index (χ3n) is 4.16. The molecule has 10 nitrogen and oxygen atoms in total. The van der Waals surface area contributed by atoms with Crippen molar-refractivity contribution in [2.45, 2.75) is 31.1 Å². The maximum atomic E-state index is 10.2. The van der Waals surface area contributed by atoms with Crippen molar-refractivity contribution in [1.82, 2.24) is 19.5 Å². The molecule has 25 heavy (non-hydrogen) atoms. The molecule has 0 unspecified atom stereocenters. The van der Waals surface area contributed by atoms with Gasteiger partial charge in [0.05, 0.1) is 25.7 Å². The first-order valence-electron chi connectivity index (χ1n) is 7.75. The monoisotopic (exact) mass is 347 g/mol. The molecule has 1 aliphatic rings. The van der Waals surface area contributed by atoms with Crippen molar-refractivity contribution in [3.63, 3.8) is 0 Å². The van der Waals surface area contributed by atoms with Crippen LogP contribution in [0.25, 0.3) is 11.2 Å². The van der Waals surface area contributed by atoms with Crippen LogP contribution in [0.1, 0.15) is 12.0 Å². The Morgan fingerprint density at radius 3 is 2.80 bits per heavy atom. The van der Waals surface area contributed by atoms with E-state index in [1.54, 1.807) is 12.3 Å². The standard InChI is InChI=1S/C15H17N5O5/c21-5-9-11(22)12(23)15(25-9)20-7-19-10-13(17-6-18-14(10)20)16-4-8-2-1-3-24-8/h1-3,6-7,9,11-12,15,21-23H,4-5H2,(H,16,17,18)/t9-,11-,12-,15-/m1/s1. The van der Waals surface area contributed by atoms with E-state index in [0.29, 0.717) is 23.5 Å². The van der Waals surface area contributed by atoms with E-state index in [2.05, 4.69) is 20.3 Å². The second kappa shape index (κ2) is 6.41. The Hall–Kier alpha value is -2.53. The summed E-state index contributed by atoms with van der Waals surface area (Å²) in [6.45, 7) is 0.0338. The minimum absolute atomic E-state index is 0.397. The van der Waals surface area contributed by atoms with Crippen molar-refractivity contribution in [3.8, 4) is 0 Å². The molecule has 3 aromatic heterocycles. The molecule has 1 saturated heterocycles. The molecule has 132 valence electrons. The highest BCUT2D eigenvalue weighted by Gasteiger charge is 2.44. The van der Waals surface area contributed by atoms with Gasteiger partial charge in [0, 0.05) is 0 Å². The third-order valence-corrected chi connectivity index (χ3v) is 4.16. The Morgan fingerprint density at radius 1 is 1.20 bits per heavy atom. The van der Waals surface area contributed by atoms with Crippen LogP contribution in [0.4, 0.5) is 5.82 Å². The van der Waals surface area contributed by atoms with E-state index < -0.39 is 31.1 Å². The molecule has 1 aliphatic heterocycles. The molecule has 4 rings (SSSR count). The van der Waals surface area contributed by atoms with E-state index >= 15 is 0 Å². The molecule has 4 heterocycles. The Kier molecular flexibility index (Phi) is 4.09. The van der Waals surface area contributed by atoms with Crippen LogP contribution >= 0.6 is 0 Å². The van der Waals surface area contributed by atoms with E-state index in [-0.39, 0.29) is 0 Å². The molecule has 1 fully saturated rings. The van der Waals surface area contributed by atoms with Crippen molar-refractivity contribution >= 4 is 17.0 Å². The number of anilines is 1. The molecular weight excluding hydrogens is 330 g/mol. The number of rotatable bonds is 5. The first-order chi connectivity index (χ1) is 12.2. The summed E-state index contributed by atoms with van der Waals surface area (Å²) in [5, 5.41) is 32.4. The molecule has 0 saturated carbocycles. The topological polar surface area (TPSA) is 139 Å². The number of fused-ring (bicyclic) bond motifs is 1. The summed E-state index contributed by atoms with van der Waals surface area (Å²) in [6, 6.07) is 3.63. The SMILES string of the molecule is OC[C@H]1O[C@@H](n2cnc3c(NCc4ccco4)ncnc32)[C@H](O)[C@@H]1O. The number of ether oxygens (including phenoxy) is 1. The summed E-state index contributed by atoms with van der Waals surface area (Å²) >= 11 is 0. The maximum Gasteiger partial charge on any atom is 0.167 e. The number of aromatic nitrogens is 4. The normalized spacial score (nSPS) is 26.4. The summed E-state index contributed by atoms with van der Waals surface area (Å²) in [6.07, 6.45) is 0.253. The van der Waals surface area contributed by atoms with E-state index in [1.165, 1.54) is 17.2 Å². The first-order valence-corrected chi connectivity index (χ1v) is 7.75. The van der Waals surface area contributed by atoms with Gasteiger partial charge in [0.25, 0.3) is 0 Å². The molecule has 0 aliphatic carbocycles. The zero-order chi connectivity index (χ0) is 17.4. The van der Waals surface area contributed by atoms with Crippen LogP contribution in [-0.4, -0.2) is 59.8 Å². The fraction of sp³-hybridized carbons (Fsp3) is 0.400. The molecule has 3 aromatic rings. The number of nitrogens with one attached hydrogen (secondary N) is 1. The lowest BCUT2D eigenvalue weighted by Gasteiger charge is -2.16. The largest absolute Gasteiger partial charge is 0.467 e. The molecule has 4 atom stereocenters. The van der Waals surface area contributed by atoms with E-state index in [0.717, 1.165) is 5.76 Å². The molecule has 0 aromatic carbocycles. The van der Waals surface area contributed by atoms with Gasteiger partial charge in [-0.1, -0.05) is 0 Å². The van der Waals surface area contributed by atoms with Crippen molar-refractivity contribution in [2.75, 3.05) is 11.9 Å². The molecular formula is C15H17N5O5. The number of hydrogen-bond acceptors (Lipinski definition) is 9. The maximum absolute atomic E-state index is 10.2. The molecule has 10 heteroatoms. The average Bonchev–Trinajstić information content (AvgIpc) is 3.34. The fourth-order valence-corrected chi connectivity index (χ4v) is 2.86. The summed E-state index contributed by atoms with van der Waals surface area (Å²) in [5.41, 5.74) is 0.929. The van der Waals surface area contributed by atoms with E-state index in [4.69, 9.17) is 9.15 Å². The first kappa shape index (κ1) is 16.0. The van der Waals surface area contributed by atoms with Gasteiger partial charge in [-0.25, -0.2) is 15.0 Å². The molecule has 0 radical (unpaired) electrons. The number of nitrogens with zero attached hydrogens (tertiary/aromatic N) is 4. The lowest BCUT2D eigenvalue weighted by Crippen LogP contribution is -2.33. The van der Waals surface area contributed by atoms with Crippen molar-refractivity contribution < 1.29 is 24.5 Å². The summed E-state index contributed by atoms with van der Waals surface area (Å²) in [5.74, 6) is 1.25. The van der Waals surface area contributed by atoms with Gasteiger partial charge < -0.3 is 29.8 Å². The van der Waals surface area contributed by atoms with Crippen LogP contribution in [0.2, 0.25) is 0 Å². The van der Waals surface area contributed by atoms with E-state index in [9.17, 15) is 15.3 Å². The number of aliphatic hydroxyl groups is 3. The number of furan rings is 1. The lowest BCUT2D eigenvalue weighted by molar-refractivity contribution is -0.0511. The second-order valence-electron chi connectivity index (χ2n) is 5.71. The highest BCUT2D eigenvalue weighted by atomic mass is 16.6. The summed E-state index contributed by atoms with van der Waals surface area (Å²) in [7, 11) is 0. The fourth-order valence-electron chi connectivity index (χ4n) is 2.86. The lowest BCUT2D eigenvalue weighted by atomic mass is 10.1. The van der Waals surface area contributed by atoms with E-state index in [1.807, 2.05) is 6.07 Å². The minimum atomic E-state index is -1.20. The molecule has 0 amide bonds. The van der Waals surface area contributed by atoms with Gasteiger partial charge in [0.2, 0.25) is 0 Å². The van der Waals surface area contributed by atoms with Gasteiger partial charge >= 0.3 is 0 Å². The van der Waals surface area contributed by atoms with Gasteiger partial charge in [-0.2, -0.15) is 0 Å². The highest BCUT2D eigenvalue weighted by Crippen LogP contribution is 2.32. The van der Waals surface area contributed by atoms with Crippen LogP contribution < -0.4 is 5.32 Å². The quantitative estimate of drug-likeness (QED) is 0.487.